The minimum Gasteiger partial charge on any atom is -0.497 e. The maximum Gasteiger partial charge on any atom is 0.338 e. The summed E-state index contributed by atoms with van der Waals surface area (Å²) in [6.45, 7) is 3.47. The summed E-state index contributed by atoms with van der Waals surface area (Å²) in [5.74, 6) is 0.0467. The van der Waals surface area contributed by atoms with Crippen molar-refractivity contribution in [1.82, 2.24) is 0 Å². The van der Waals surface area contributed by atoms with Crippen LogP contribution < -0.4 is 4.74 Å². The van der Waals surface area contributed by atoms with E-state index >= 15 is 0 Å². The summed E-state index contributed by atoms with van der Waals surface area (Å²) in [5.41, 5.74) is 2.80. The summed E-state index contributed by atoms with van der Waals surface area (Å²) >= 11 is 0. The zero-order valence-electron chi connectivity index (χ0n) is 15.0. The van der Waals surface area contributed by atoms with Crippen LogP contribution in [0, 0.1) is 13.8 Å². The number of Topliss-reactive ketones (excluding diaryl/α,β-unsaturated/α-hetero) is 1. The molecule has 0 unspecified atom stereocenters. The van der Waals surface area contributed by atoms with E-state index in [9.17, 15) is 9.59 Å². The Morgan fingerprint density at radius 2 is 1.62 bits per heavy atom. The fourth-order valence-corrected chi connectivity index (χ4v) is 2.77. The van der Waals surface area contributed by atoms with Crippen LogP contribution in [0.15, 0.2) is 54.6 Å². The minimum absolute atomic E-state index is 0.235. The quantitative estimate of drug-likeness (QED) is 0.503. The lowest BCUT2D eigenvalue weighted by atomic mass is 10.0. The average molecular weight is 348 g/mol. The summed E-state index contributed by atoms with van der Waals surface area (Å²) < 4.78 is 10.4. The smallest absolute Gasteiger partial charge is 0.338 e. The normalized spacial score (nSPS) is 10.6. The van der Waals surface area contributed by atoms with E-state index in [1.165, 1.54) is 0 Å². The van der Waals surface area contributed by atoms with E-state index < -0.39 is 5.97 Å². The van der Waals surface area contributed by atoms with Gasteiger partial charge in [0.05, 0.1) is 12.7 Å². The molecule has 0 heterocycles. The van der Waals surface area contributed by atoms with Crippen molar-refractivity contribution in [2.45, 2.75) is 13.8 Å². The number of methoxy groups -OCH3 is 1. The Morgan fingerprint density at radius 3 is 2.38 bits per heavy atom. The molecule has 0 saturated carbocycles. The van der Waals surface area contributed by atoms with Gasteiger partial charge in [0, 0.05) is 5.56 Å². The summed E-state index contributed by atoms with van der Waals surface area (Å²) in [5, 5.41) is 1.91. The standard InChI is InChI=1S/C22H20O4/c1-14-4-5-15(2)20(10-14)22(24)26-13-21(23)18-7-6-17-12-19(25-3)9-8-16(17)11-18/h4-12H,13H2,1-3H3. The molecule has 0 bridgehead atoms. The van der Waals surface area contributed by atoms with Gasteiger partial charge in [0.25, 0.3) is 0 Å². The number of fused-ring (bicyclic) bond motifs is 1. The molecule has 0 aliphatic carbocycles. The minimum atomic E-state index is -0.481. The predicted molar refractivity (Wildman–Crippen MR) is 101 cm³/mol. The van der Waals surface area contributed by atoms with Gasteiger partial charge in [0.15, 0.2) is 12.4 Å². The van der Waals surface area contributed by atoms with Crippen LogP contribution in [0.5, 0.6) is 5.75 Å². The van der Waals surface area contributed by atoms with E-state index in [-0.39, 0.29) is 12.4 Å². The van der Waals surface area contributed by atoms with Crippen LogP contribution in [0.1, 0.15) is 31.8 Å². The number of carbonyl (C=O) groups is 2. The van der Waals surface area contributed by atoms with E-state index in [4.69, 9.17) is 9.47 Å². The van der Waals surface area contributed by atoms with Crippen molar-refractivity contribution in [3.8, 4) is 5.75 Å². The van der Waals surface area contributed by atoms with Gasteiger partial charge in [-0.15, -0.1) is 0 Å². The number of ketones is 1. The summed E-state index contributed by atoms with van der Waals surface area (Å²) in [6, 6.07) is 16.6. The van der Waals surface area contributed by atoms with Crippen LogP contribution in [0.25, 0.3) is 10.8 Å². The Labute approximate surface area is 152 Å². The molecule has 0 spiro atoms. The Balaban J connectivity index is 1.72. The van der Waals surface area contributed by atoms with Crippen molar-refractivity contribution >= 4 is 22.5 Å². The van der Waals surface area contributed by atoms with Gasteiger partial charge >= 0.3 is 5.97 Å². The van der Waals surface area contributed by atoms with E-state index in [2.05, 4.69) is 0 Å². The zero-order valence-corrected chi connectivity index (χ0v) is 15.0. The molecule has 0 fully saturated rings. The number of aryl methyl sites for hydroxylation is 2. The molecule has 0 aliphatic heterocycles. The first-order chi connectivity index (χ1) is 12.5. The Hall–Kier alpha value is -3.14. The van der Waals surface area contributed by atoms with Crippen molar-refractivity contribution in [1.29, 1.82) is 0 Å². The van der Waals surface area contributed by atoms with Gasteiger partial charge in [-0.25, -0.2) is 4.79 Å². The second-order valence-corrected chi connectivity index (χ2v) is 6.25. The van der Waals surface area contributed by atoms with E-state index in [0.29, 0.717) is 11.1 Å². The van der Waals surface area contributed by atoms with E-state index in [1.54, 1.807) is 25.3 Å². The molecule has 3 aromatic carbocycles. The molecule has 0 radical (unpaired) electrons. The first-order valence-corrected chi connectivity index (χ1v) is 8.33. The lowest BCUT2D eigenvalue weighted by molar-refractivity contribution is 0.0474. The number of ether oxygens (including phenoxy) is 2. The van der Waals surface area contributed by atoms with Crippen molar-refractivity contribution in [2.24, 2.45) is 0 Å². The largest absolute Gasteiger partial charge is 0.497 e. The predicted octanol–water partition coefficient (Wildman–Crippen LogP) is 4.50. The van der Waals surface area contributed by atoms with Gasteiger partial charge in [-0.05, 0) is 54.4 Å². The summed E-state index contributed by atoms with van der Waals surface area (Å²) in [6.07, 6.45) is 0. The van der Waals surface area contributed by atoms with Crippen LogP contribution in [-0.2, 0) is 4.74 Å². The van der Waals surface area contributed by atoms with Crippen LogP contribution in [-0.4, -0.2) is 25.5 Å². The van der Waals surface area contributed by atoms with Crippen molar-refractivity contribution in [3.05, 3.63) is 76.9 Å². The van der Waals surface area contributed by atoms with Crippen LogP contribution >= 0.6 is 0 Å². The first kappa shape index (κ1) is 17.7. The number of benzene rings is 3. The molecular formula is C22H20O4. The van der Waals surface area contributed by atoms with Gasteiger partial charge in [-0.2, -0.15) is 0 Å². The fraction of sp³-hybridized carbons (Fsp3) is 0.182. The number of hydrogen-bond donors (Lipinski definition) is 0. The van der Waals surface area contributed by atoms with Gasteiger partial charge in [-0.1, -0.05) is 35.9 Å². The molecule has 0 amide bonds. The molecule has 0 aromatic heterocycles. The maximum absolute atomic E-state index is 12.4. The lowest BCUT2D eigenvalue weighted by Gasteiger charge is -2.08. The van der Waals surface area contributed by atoms with Gasteiger partial charge in [0.2, 0.25) is 0 Å². The molecule has 0 saturated heterocycles. The molecule has 0 N–H and O–H groups in total. The van der Waals surface area contributed by atoms with Gasteiger partial charge < -0.3 is 9.47 Å². The molecule has 3 rings (SSSR count). The van der Waals surface area contributed by atoms with Crippen LogP contribution in [0.3, 0.4) is 0 Å². The fourth-order valence-electron chi connectivity index (χ4n) is 2.77. The van der Waals surface area contributed by atoms with Crippen molar-refractivity contribution in [2.75, 3.05) is 13.7 Å². The molecule has 4 heteroatoms. The molecule has 3 aromatic rings. The highest BCUT2D eigenvalue weighted by Gasteiger charge is 2.14. The second-order valence-electron chi connectivity index (χ2n) is 6.25. The Morgan fingerprint density at radius 1 is 0.885 bits per heavy atom. The van der Waals surface area contributed by atoms with Crippen LogP contribution in [0.4, 0.5) is 0 Å². The maximum atomic E-state index is 12.4. The molecule has 0 aliphatic rings. The number of carbonyl (C=O) groups excluding carboxylic acids is 2. The van der Waals surface area contributed by atoms with E-state index in [0.717, 1.165) is 27.6 Å². The zero-order chi connectivity index (χ0) is 18.7. The molecule has 4 nitrogen and oxygen atoms in total. The topological polar surface area (TPSA) is 52.6 Å². The van der Waals surface area contributed by atoms with Crippen molar-refractivity contribution < 1.29 is 19.1 Å². The highest BCUT2D eigenvalue weighted by Crippen LogP contribution is 2.22. The number of esters is 1. The highest BCUT2D eigenvalue weighted by atomic mass is 16.5. The monoisotopic (exact) mass is 348 g/mol. The highest BCUT2D eigenvalue weighted by molar-refractivity contribution is 6.02. The Bertz CT molecular complexity index is 989. The molecule has 26 heavy (non-hydrogen) atoms. The van der Waals surface area contributed by atoms with E-state index in [1.807, 2.05) is 50.2 Å². The van der Waals surface area contributed by atoms with Gasteiger partial charge in [0.1, 0.15) is 5.75 Å². The molecule has 132 valence electrons. The molecule has 0 atom stereocenters. The second kappa shape index (κ2) is 7.40. The number of hydrogen-bond acceptors (Lipinski definition) is 4. The Kier molecular flexibility index (Phi) is 5.03. The average Bonchev–Trinajstić information content (AvgIpc) is 2.66. The van der Waals surface area contributed by atoms with Crippen molar-refractivity contribution in [3.63, 3.8) is 0 Å². The third-order valence-electron chi connectivity index (χ3n) is 4.32. The third-order valence-corrected chi connectivity index (χ3v) is 4.32. The summed E-state index contributed by atoms with van der Waals surface area (Å²) in [4.78, 5) is 24.6. The first-order valence-electron chi connectivity index (χ1n) is 8.33. The summed E-state index contributed by atoms with van der Waals surface area (Å²) in [7, 11) is 1.61. The lowest BCUT2D eigenvalue weighted by Crippen LogP contribution is -2.15. The third kappa shape index (κ3) is 3.75. The number of rotatable bonds is 5. The van der Waals surface area contributed by atoms with Crippen LogP contribution in [0.2, 0.25) is 0 Å². The SMILES string of the molecule is COc1ccc2cc(C(=O)COC(=O)c3cc(C)ccc3C)ccc2c1. The molecular weight excluding hydrogens is 328 g/mol. The van der Waals surface area contributed by atoms with Gasteiger partial charge in [-0.3, -0.25) is 4.79 Å².